The maximum absolute atomic E-state index is 12.5. The molecule has 19 heavy (non-hydrogen) atoms. The van der Waals surface area contributed by atoms with Gasteiger partial charge in [-0.3, -0.25) is 4.79 Å². The van der Waals surface area contributed by atoms with E-state index in [-0.39, 0.29) is 18.0 Å². The van der Waals surface area contributed by atoms with E-state index in [1.807, 2.05) is 49.1 Å². The fraction of sp³-hybridized carbons (Fsp3) is 0.533. The molecule has 1 atom stereocenters. The summed E-state index contributed by atoms with van der Waals surface area (Å²) in [5.74, 6) is 0.124. The second-order valence-electron chi connectivity index (χ2n) is 5.13. The third-order valence-corrected chi connectivity index (χ3v) is 3.32. The number of morpholine rings is 1. The minimum absolute atomic E-state index is 0.124. The van der Waals surface area contributed by atoms with Crippen LogP contribution in [0.5, 0.6) is 0 Å². The quantitative estimate of drug-likeness (QED) is 0.892. The van der Waals surface area contributed by atoms with Gasteiger partial charge in [-0.25, -0.2) is 0 Å². The summed E-state index contributed by atoms with van der Waals surface area (Å²) in [5.41, 5.74) is 1.15. The lowest BCUT2D eigenvalue weighted by Crippen LogP contribution is -2.53. The van der Waals surface area contributed by atoms with Crippen LogP contribution < -0.4 is 5.32 Å². The van der Waals surface area contributed by atoms with Gasteiger partial charge in [-0.05, 0) is 19.4 Å². The van der Waals surface area contributed by atoms with Crippen LogP contribution in [-0.4, -0.2) is 42.6 Å². The molecule has 1 amide bonds. The zero-order valence-corrected chi connectivity index (χ0v) is 11.6. The molecule has 1 heterocycles. The van der Waals surface area contributed by atoms with Crippen LogP contribution in [-0.2, 0) is 16.1 Å². The Bertz CT molecular complexity index is 400. The highest BCUT2D eigenvalue weighted by atomic mass is 16.5. The Hall–Kier alpha value is -1.39. The van der Waals surface area contributed by atoms with E-state index in [2.05, 4.69) is 5.32 Å². The molecule has 1 N–H and O–H groups in total. The molecule has 1 aliphatic heterocycles. The molecule has 0 saturated carbocycles. The Morgan fingerprint density at radius 3 is 2.74 bits per heavy atom. The average molecular weight is 262 g/mol. The van der Waals surface area contributed by atoms with E-state index in [9.17, 15) is 4.79 Å². The second-order valence-corrected chi connectivity index (χ2v) is 5.13. The first kappa shape index (κ1) is 14.0. The lowest BCUT2D eigenvalue weighted by molar-refractivity contribution is -0.138. The monoisotopic (exact) mass is 262 g/mol. The van der Waals surface area contributed by atoms with E-state index in [0.29, 0.717) is 19.8 Å². The lowest BCUT2D eigenvalue weighted by atomic mass is 10.1. The molecule has 104 valence electrons. The number of carbonyl (C=O) groups excluding carboxylic acids is 1. The first-order chi connectivity index (χ1) is 9.18. The largest absolute Gasteiger partial charge is 0.378 e. The number of hydrogen-bond donors (Lipinski definition) is 1. The minimum atomic E-state index is -0.208. The highest BCUT2D eigenvalue weighted by Gasteiger charge is 2.27. The van der Waals surface area contributed by atoms with Crippen molar-refractivity contribution < 1.29 is 9.53 Å². The van der Waals surface area contributed by atoms with Gasteiger partial charge in [0.05, 0.1) is 13.2 Å². The summed E-state index contributed by atoms with van der Waals surface area (Å²) in [5, 5.41) is 3.22. The first-order valence-corrected chi connectivity index (χ1v) is 6.84. The molecule has 0 aromatic heterocycles. The van der Waals surface area contributed by atoms with Crippen molar-refractivity contribution in [3.63, 3.8) is 0 Å². The van der Waals surface area contributed by atoms with Gasteiger partial charge in [0.25, 0.3) is 0 Å². The Kier molecular flexibility index (Phi) is 4.93. The van der Waals surface area contributed by atoms with Crippen molar-refractivity contribution in [1.29, 1.82) is 0 Å². The Morgan fingerprint density at radius 1 is 1.42 bits per heavy atom. The number of nitrogens with one attached hydrogen (secondary N) is 1. The van der Waals surface area contributed by atoms with Gasteiger partial charge in [-0.2, -0.15) is 0 Å². The summed E-state index contributed by atoms with van der Waals surface area (Å²) >= 11 is 0. The van der Waals surface area contributed by atoms with E-state index >= 15 is 0 Å². The summed E-state index contributed by atoms with van der Waals surface area (Å²) in [6.45, 7) is 6.64. The van der Waals surface area contributed by atoms with Crippen molar-refractivity contribution >= 4 is 5.91 Å². The van der Waals surface area contributed by atoms with Crippen LogP contribution in [0.15, 0.2) is 30.3 Å². The van der Waals surface area contributed by atoms with E-state index in [4.69, 9.17) is 4.74 Å². The van der Waals surface area contributed by atoms with Crippen LogP contribution in [0.1, 0.15) is 19.4 Å². The van der Waals surface area contributed by atoms with Crippen molar-refractivity contribution in [1.82, 2.24) is 10.2 Å². The third kappa shape index (κ3) is 3.78. The highest BCUT2D eigenvalue weighted by Crippen LogP contribution is 2.11. The molecule has 0 aliphatic carbocycles. The normalized spacial score (nSPS) is 19.4. The average Bonchev–Trinajstić information content (AvgIpc) is 2.46. The molecular weight excluding hydrogens is 240 g/mol. The predicted molar refractivity (Wildman–Crippen MR) is 74.7 cm³/mol. The molecule has 4 nitrogen and oxygen atoms in total. The molecular formula is C15H22N2O2. The van der Waals surface area contributed by atoms with Gasteiger partial charge in [-0.1, -0.05) is 30.3 Å². The number of ether oxygens (including phenoxy) is 1. The first-order valence-electron chi connectivity index (χ1n) is 6.84. The molecule has 1 fully saturated rings. The fourth-order valence-corrected chi connectivity index (χ4v) is 2.22. The fourth-order valence-electron chi connectivity index (χ4n) is 2.22. The molecule has 4 heteroatoms. The molecule has 0 bridgehead atoms. The SMILES string of the molecule is CC(C)N(Cc1ccccc1)C(=O)C1COCCN1. The van der Waals surface area contributed by atoms with Crippen LogP contribution in [0, 0.1) is 0 Å². The summed E-state index contributed by atoms with van der Waals surface area (Å²) in [4.78, 5) is 14.4. The van der Waals surface area contributed by atoms with Gasteiger partial charge in [0.15, 0.2) is 0 Å². The van der Waals surface area contributed by atoms with Crippen molar-refractivity contribution in [2.75, 3.05) is 19.8 Å². The molecule has 1 aliphatic rings. The Labute approximate surface area is 114 Å². The summed E-state index contributed by atoms with van der Waals surface area (Å²) in [7, 11) is 0. The van der Waals surface area contributed by atoms with Gasteiger partial charge in [-0.15, -0.1) is 0 Å². The molecule has 0 spiro atoms. The summed E-state index contributed by atoms with van der Waals surface area (Å²) in [6, 6.07) is 10.1. The lowest BCUT2D eigenvalue weighted by Gasteiger charge is -2.32. The van der Waals surface area contributed by atoms with Crippen LogP contribution in [0.2, 0.25) is 0 Å². The zero-order valence-electron chi connectivity index (χ0n) is 11.6. The number of carbonyl (C=O) groups is 1. The van der Waals surface area contributed by atoms with Crippen LogP contribution in [0.25, 0.3) is 0 Å². The molecule has 1 unspecified atom stereocenters. The maximum atomic E-state index is 12.5. The standard InChI is InChI=1S/C15H22N2O2/c1-12(2)17(10-13-6-4-3-5-7-13)15(18)14-11-19-9-8-16-14/h3-7,12,14,16H,8-11H2,1-2H3. The molecule has 1 aromatic carbocycles. The maximum Gasteiger partial charge on any atom is 0.242 e. The third-order valence-electron chi connectivity index (χ3n) is 3.32. The van der Waals surface area contributed by atoms with Crippen molar-refractivity contribution in [3.8, 4) is 0 Å². The minimum Gasteiger partial charge on any atom is -0.378 e. The topological polar surface area (TPSA) is 41.6 Å². The van der Waals surface area contributed by atoms with Crippen molar-refractivity contribution in [2.24, 2.45) is 0 Å². The van der Waals surface area contributed by atoms with E-state index < -0.39 is 0 Å². The number of amides is 1. The van der Waals surface area contributed by atoms with E-state index in [1.54, 1.807) is 0 Å². The van der Waals surface area contributed by atoms with Gasteiger partial charge < -0.3 is 15.0 Å². The van der Waals surface area contributed by atoms with Crippen molar-refractivity contribution in [2.45, 2.75) is 32.5 Å². The van der Waals surface area contributed by atoms with E-state index in [0.717, 1.165) is 12.1 Å². The number of nitrogens with zero attached hydrogens (tertiary/aromatic N) is 1. The van der Waals surface area contributed by atoms with Gasteiger partial charge >= 0.3 is 0 Å². The second kappa shape index (κ2) is 6.68. The number of rotatable bonds is 4. The predicted octanol–water partition coefficient (Wildman–Crippen LogP) is 1.41. The molecule has 2 rings (SSSR count). The smallest absolute Gasteiger partial charge is 0.242 e. The molecule has 1 aromatic rings. The molecule has 1 saturated heterocycles. The van der Waals surface area contributed by atoms with Crippen LogP contribution >= 0.6 is 0 Å². The Balaban J connectivity index is 2.04. The van der Waals surface area contributed by atoms with Crippen LogP contribution in [0.3, 0.4) is 0 Å². The number of hydrogen-bond acceptors (Lipinski definition) is 3. The summed E-state index contributed by atoms with van der Waals surface area (Å²) < 4.78 is 5.37. The van der Waals surface area contributed by atoms with Crippen LogP contribution in [0.4, 0.5) is 0 Å². The summed E-state index contributed by atoms with van der Waals surface area (Å²) in [6.07, 6.45) is 0. The van der Waals surface area contributed by atoms with Gasteiger partial charge in [0.2, 0.25) is 5.91 Å². The van der Waals surface area contributed by atoms with E-state index in [1.165, 1.54) is 0 Å². The van der Waals surface area contributed by atoms with Gasteiger partial charge in [0.1, 0.15) is 6.04 Å². The number of benzene rings is 1. The Morgan fingerprint density at radius 2 is 2.16 bits per heavy atom. The van der Waals surface area contributed by atoms with Crippen molar-refractivity contribution in [3.05, 3.63) is 35.9 Å². The highest BCUT2D eigenvalue weighted by molar-refractivity contribution is 5.82. The zero-order chi connectivity index (χ0) is 13.7. The van der Waals surface area contributed by atoms with Gasteiger partial charge in [0, 0.05) is 19.1 Å². The molecule has 0 radical (unpaired) electrons.